The summed E-state index contributed by atoms with van der Waals surface area (Å²) in [7, 11) is 0. The Kier molecular flexibility index (Phi) is 9.41. The van der Waals surface area contributed by atoms with Gasteiger partial charge in [0.05, 0.1) is 23.7 Å². The fourth-order valence-corrected chi connectivity index (χ4v) is 6.21. The van der Waals surface area contributed by atoms with Crippen molar-refractivity contribution >= 4 is 28.3 Å². The van der Waals surface area contributed by atoms with Crippen LogP contribution in [-0.2, 0) is 11.0 Å². The van der Waals surface area contributed by atoms with Crippen LogP contribution in [0, 0.1) is 17.3 Å². The Morgan fingerprint density at radius 3 is 2.20 bits per heavy atom. The zero-order chi connectivity index (χ0) is 29.8. The molecule has 0 spiro atoms. The maximum absolute atomic E-state index is 13.0. The van der Waals surface area contributed by atoms with Crippen LogP contribution in [0.3, 0.4) is 0 Å². The van der Waals surface area contributed by atoms with Gasteiger partial charge in [0.15, 0.2) is 5.13 Å². The molecule has 1 unspecified atom stereocenters. The van der Waals surface area contributed by atoms with Crippen molar-refractivity contribution in [2.45, 2.75) is 65.1 Å². The van der Waals surface area contributed by atoms with Crippen LogP contribution in [-0.4, -0.2) is 28.5 Å². The van der Waals surface area contributed by atoms with Crippen molar-refractivity contribution in [1.82, 2.24) is 10.3 Å². The van der Waals surface area contributed by atoms with Crippen molar-refractivity contribution in [3.05, 3.63) is 70.6 Å². The molecule has 2 aromatic carbocycles. The first-order valence-corrected chi connectivity index (χ1v) is 14.7. The summed E-state index contributed by atoms with van der Waals surface area (Å²) in [6.45, 7) is 6.91. The third-order valence-electron chi connectivity index (χ3n) is 7.92. The van der Waals surface area contributed by atoms with Crippen molar-refractivity contribution in [2.75, 3.05) is 11.9 Å². The van der Waals surface area contributed by atoms with E-state index in [4.69, 9.17) is 10.1 Å². The second-order valence-corrected chi connectivity index (χ2v) is 12.6. The van der Waals surface area contributed by atoms with Crippen molar-refractivity contribution in [3.8, 4) is 11.3 Å². The lowest BCUT2D eigenvalue weighted by atomic mass is 9.68. The van der Waals surface area contributed by atoms with Gasteiger partial charge in [-0.2, -0.15) is 13.2 Å². The number of carboxylic acids is 1. The standard InChI is InChI=1S/C31H36F3N3O3S/c1-30(2,3)23-12-10-21(11-13-23)27(20-4-6-22(7-5-20)28(40)35-17-16-26(38)39)37-29-36-25(18-41-29)19-8-14-24(15-9-19)31(32,33)34/h4-9,14-15,18,21,23,27H,10-13,16-17H2,1-3H3,(H,35,40)(H,36,37)(H,38,39). The van der Waals surface area contributed by atoms with Gasteiger partial charge in [-0.1, -0.05) is 45.0 Å². The number of carbonyl (C=O) groups is 2. The second kappa shape index (κ2) is 12.6. The summed E-state index contributed by atoms with van der Waals surface area (Å²) in [4.78, 5) is 27.9. The summed E-state index contributed by atoms with van der Waals surface area (Å²) in [6.07, 6.45) is -0.227. The van der Waals surface area contributed by atoms with Gasteiger partial charge in [-0.3, -0.25) is 9.59 Å². The number of amides is 1. The van der Waals surface area contributed by atoms with Gasteiger partial charge < -0.3 is 15.7 Å². The van der Waals surface area contributed by atoms with E-state index in [9.17, 15) is 22.8 Å². The number of hydrogen-bond acceptors (Lipinski definition) is 5. The molecule has 3 N–H and O–H groups in total. The zero-order valence-electron chi connectivity index (χ0n) is 23.4. The van der Waals surface area contributed by atoms with Gasteiger partial charge in [0.1, 0.15) is 0 Å². The first-order chi connectivity index (χ1) is 19.3. The molecule has 220 valence electrons. The summed E-state index contributed by atoms with van der Waals surface area (Å²) in [5.41, 5.74) is 2.23. The summed E-state index contributed by atoms with van der Waals surface area (Å²) < 4.78 is 38.9. The smallest absolute Gasteiger partial charge is 0.416 e. The van der Waals surface area contributed by atoms with Crippen LogP contribution in [0.1, 0.15) is 80.4 Å². The number of aromatic nitrogens is 1. The lowest BCUT2D eigenvalue weighted by molar-refractivity contribution is -0.138. The number of anilines is 1. The Bertz CT molecular complexity index is 1320. The number of nitrogens with one attached hydrogen (secondary N) is 2. The summed E-state index contributed by atoms with van der Waals surface area (Å²) in [5, 5.41) is 17.5. The molecular formula is C31H36F3N3O3S. The normalized spacial score (nSPS) is 18.5. The fourth-order valence-electron chi connectivity index (χ4n) is 5.45. The van der Waals surface area contributed by atoms with E-state index in [-0.39, 0.29) is 30.3 Å². The maximum Gasteiger partial charge on any atom is 0.416 e. The van der Waals surface area contributed by atoms with Gasteiger partial charge in [0.2, 0.25) is 0 Å². The lowest BCUT2D eigenvalue weighted by Gasteiger charge is -2.39. The van der Waals surface area contributed by atoms with E-state index < -0.39 is 17.7 Å². The summed E-state index contributed by atoms with van der Waals surface area (Å²) in [6, 6.07) is 12.3. The molecule has 1 aliphatic rings. The number of alkyl halides is 3. The van der Waals surface area contributed by atoms with E-state index in [0.29, 0.717) is 33.8 Å². The molecule has 0 bridgehead atoms. The van der Waals surface area contributed by atoms with Gasteiger partial charge in [-0.15, -0.1) is 11.3 Å². The maximum atomic E-state index is 13.0. The van der Waals surface area contributed by atoms with E-state index in [1.54, 1.807) is 12.1 Å². The molecule has 3 aromatic rings. The Morgan fingerprint density at radius 1 is 1.00 bits per heavy atom. The molecule has 1 aromatic heterocycles. The molecule has 1 atom stereocenters. The van der Waals surface area contributed by atoms with Gasteiger partial charge in [0.25, 0.3) is 5.91 Å². The van der Waals surface area contributed by atoms with E-state index in [0.717, 1.165) is 43.4 Å². The SMILES string of the molecule is CC(C)(C)C1CCC(C(Nc2nc(-c3ccc(C(F)(F)F)cc3)cs2)c2ccc(C(=O)NCCC(=O)O)cc2)CC1. The number of halogens is 3. The number of thiazole rings is 1. The first kappa shape index (κ1) is 30.6. The van der Waals surface area contributed by atoms with Crippen molar-refractivity contribution in [3.63, 3.8) is 0 Å². The number of carboxylic acid groups (broad SMARTS) is 1. The quantitative estimate of drug-likeness (QED) is 0.236. The average Bonchev–Trinajstić information content (AvgIpc) is 3.39. The number of rotatable bonds is 9. The number of benzene rings is 2. The van der Waals surface area contributed by atoms with Gasteiger partial charge in [-0.25, -0.2) is 4.98 Å². The minimum atomic E-state index is -4.39. The van der Waals surface area contributed by atoms with E-state index in [1.807, 2.05) is 17.5 Å². The van der Waals surface area contributed by atoms with Gasteiger partial charge in [0, 0.05) is 23.1 Å². The fraction of sp³-hybridized carbons (Fsp3) is 0.452. The van der Waals surface area contributed by atoms with Crippen molar-refractivity contribution < 1.29 is 27.9 Å². The highest BCUT2D eigenvalue weighted by atomic mass is 32.1. The third kappa shape index (κ3) is 8.09. The van der Waals surface area contributed by atoms with Crippen LogP contribution in [0.4, 0.5) is 18.3 Å². The monoisotopic (exact) mass is 587 g/mol. The second-order valence-electron chi connectivity index (χ2n) is 11.7. The number of aliphatic carboxylic acids is 1. The van der Waals surface area contributed by atoms with Gasteiger partial charge in [-0.05, 0) is 72.8 Å². The first-order valence-electron chi connectivity index (χ1n) is 13.8. The molecular weight excluding hydrogens is 551 g/mol. The highest BCUT2D eigenvalue weighted by Crippen LogP contribution is 2.45. The topological polar surface area (TPSA) is 91.3 Å². The molecule has 0 saturated heterocycles. The molecule has 1 aliphatic carbocycles. The van der Waals surface area contributed by atoms with Crippen LogP contribution in [0.2, 0.25) is 0 Å². The zero-order valence-corrected chi connectivity index (χ0v) is 24.2. The molecule has 0 aliphatic heterocycles. The van der Waals surface area contributed by atoms with Crippen molar-refractivity contribution in [1.29, 1.82) is 0 Å². The molecule has 0 radical (unpaired) electrons. The molecule has 4 rings (SSSR count). The predicted octanol–water partition coefficient (Wildman–Crippen LogP) is 8.04. The van der Waals surface area contributed by atoms with Crippen LogP contribution >= 0.6 is 11.3 Å². The number of hydrogen-bond donors (Lipinski definition) is 3. The molecule has 1 amide bonds. The molecule has 41 heavy (non-hydrogen) atoms. The van der Waals surface area contributed by atoms with Crippen LogP contribution in [0.5, 0.6) is 0 Å². The van der Waals surface area contributed by atoms with Crippen LogP contribution in [0.15, 0.2) is 53.9 Å². The van der Waals surface area contributed by atoms with Crippen LogP contribution < -0.4 is 10.6 Å². The number of carbonyl (C=O) groups excluding carboxylic acids is 1. The Morgan fingerprint density at radius 2 is 1.63 bits per heavy atom. The largest absolute Gasteiger partial charge is 0.481 e. The van der Waals surface area contributed by atoms with Gasteiger partial charge >= 0.3 is 12.1 Å². The molecule has 1 fully saturated rings. The third-order valence-corrected chi connectivity index (χ3v) is 8.69. The Balaban J connectivity index is 1.53. The Hall–Kier alpha value is -3.40. The Labute approximate surface area is 242 Å². The molecule has 6 nitrogen and oxygen atoms in total. The summed E-state index contributed by atoms with van der Waals surface area (Å²) in [5.74, 6) is -0.321. The highest BCUT2D eigenvalue weighted by Gasteiger charge is 2.34. The lowest BCUT2D eigenvalue weighted by Crippen LogP contribution is -2.30. The van der Waals surface area contributed by atoms with Crippen LogP contribution in [0.25, 0.3) is 11.3 Å². The molecule has 1 saturated carbocycles. The average molecular weight is 588 g/mol. The van der Waals surface area contributed by atoms with E-state index in [2.05, 4.69) is 31.4 Å². The van der Waals surface area contributed by atoms with Crippen molar-refractivity contribution in [2.24, 2.45) is 17.3 Å². The summed E-state index contributed by atoms with van der Waals surface area (Å²) >= 11 is 1.41. The predicted molar refractivity (Wildman–Crippen MR) is 155 cm³/mol. The highest BCUT2D eigenvalue weighted by molar-refractivity contribution is 7.14. The minimum Gasteiger partial charge on any atom is -0.481 e. The number of nitrogens with zero attached hydrogens (tertiary/aromatic N) is 1. The molecule has 1 heterocycles. The van der Waals surface area contributed by atoms with E-state index >= 15 is 0 Å². The minimum absolute atomic E-state index is 0.0580. The van der Waals surface area contributed by atoms with E-state index in [1.165, 1.54) is 23.5 Å². The molecule has 10 heteroatoms.